The molecular weight excluding hydrogens is 394 g/mol. The molecule has 0 saturated heterocycles. The van der Waals surface area contributed by atoms with E-state index in [9.17, 15) is 29.1 Å². The van der Waals surface area contributed by atoms with Gasteiger partial charge in [0.05, 0.1) is 6.54 Å². The van der Waals surface area contributed by atoms with Crippen molar-refractivity contribution in [1.82, 2.24) is 16.0 Å². The van der Waals surface area contributed by atoms with Gasteiger partial charge in [-0.05, 0) is 24.7 Å². The lowest BCUT2D eigenvalue weighted by Crippen LogP contribution is -2.58. The van der Waals surface area contributed by atoms with Crippen LogP contribution in [0.3, 0.4) is 0 Å². The summed E-state index contributed by atoms with van der Waals surface area (Å²) in [6.45, 7) is 6.87. The quantitative estimate of drug-likeness (QED) is 0.200. The largest absolute Gasteiger partial charge is 0.480 e. The van der Waals surface area contributed by atoms with Gasteiger partial charge in [0, 0.05) is 6.42 Å². The number of hydrogen-bond acceptors (Lipinski definition) is 6. The van der Waals surface area contributed by atoms with Crippen LogP contribution < -0.4 is 27.4 Å². The maximum atomic E-state index is 12.8. The van der Waals surface area contributed by atoms with Crippen molar-refractivity contribution >= 4 is 29.6 Å². The van der Waals surface area contributed by atoms with E-state index in [0.29, 0.717) is 6.42 Å². The molecule has 4 atom stereocenters. The molecule has 0 aliphatic carbocycles. The number of carboxylic acids is 1. The van der Waals surface area contributed by atoms with Crippen LogP contribution in [-0.2, 0) is 24.0 Å². The fraction of sp³-hybridized carbons (Fsp3) is 0.737. The highest BCUT2D eigenvalue weighted by Crippen LogP contribution is 2.11. The number of rotatable bonds is 14. The summed E-state index contributed by atoms with van der Waals surface area (Å²) in [6, 6.07) is -3.23. The summed E-state index contributed by atoms with van der Waals surface area (Å²) in [5, 5.41) is 16.8. The molecule has 0 aliphatic heterocycles. The molecule has 8 N–H and O–H groups in total. The first-order chi connectivity index (χ1) is 13.9. The topological polar surface area (TPSA) is 194 Å². The van der Waals surface area contributed by atoms with Crippen molar-refractivity contribution < 1.29 is 29.1 Å². The number of nitrogens with one attached hydrogen (secondary N) is 3. The molecule has 0 spiro atoms. The fourth-order valence-corrected chi connectivity index (χ4v) is 2.72. The number of carbonyl (C=O) groups is 5. The highest BCUT2D eigenvalue weighted by atomic mass is 16.4. The molecule has 0 aromatic rings. The van der Waals surface area contributed by atoms with Crippen LogP contribution in [0.15, 0.2) is 0 Å². The summed E-state index contributed by atoms with van der Waals surface area (Å²) in [5.41, 5.74) is 10.4. The lowest BCUT2D eigenvalue weighted by atomic mass is 9.96. The number of nitrogens with two attached hydrogens (primary N) is 2. The van der Waals surface area contributed by atoms with Crippen LogP contribution >= 0.6 is 0 Å². The maximum Gasteiger partial charge on any atom is 0.326 e. The summed E-state index contributed by atoms with van der Waals surface area (Å²) in [4.78, 5) is 59.7. The fourth-order valence-electron chi connectivity index (χ4n) is 2.72. The highest BCUT2D eigenvalue weighted by molar-refractivity contribution is 5.94. The molecule has 0 bridgehead atoms. The van der Waals surface area contributed by atoms with E-state index in [4.69, 9.17) is 11.5 Å². The predicted molar refractivity (Wildman–Crippen MR) is 110 cm³/mol. The Balaban J connectivity index is 5.45. The van der Waals surface area contributed by atoms with E-state index in [2.05, 4.69) is 16.0 Å². The maximum absolute atomic E-state index is 12.8. The molecule has 0 aliphatic rings. The minimum absolute atomic E-state index is 0.0349. The molecule has 0 aromatic heterocycles. The summed E-state index contributed by atoms with van der Waals surface area (Å²) < 4.78 is 0. The van der Waals surface area contributed by atoms with Crippen LogP contribution in [0.5, 0.6) is 0 Å². The Hall–Kier alpha value is -2.69. The van der Waals surface area contributed by atoms with Gasteiger partial charge in [-0.2, -0.15) is 0 Å². The summed E-state index contributed by atoms with van der Waals surface area (Å²) >= 11 is 0. The molecule has 0 aromatic carbocycles. The zero-order valence-electron chi connectivity index (χ0n) is 18.1. The van der Waals surface area contributed by atoms with E-state index in [1.165, 1.54) is 0 Å². The van der Waals surface area contributed by atoms with E-state index in [0.717, 1.165) is 0 Å². The van der Waals surface area contributed by atoms with E-state index in [1.54, 1.807) is 6.92 Å². The first-order valence-corrected chi connectivity index (χ1v) is 10.0. The highest BCUT2D eigenvalue weighted by Gasteiger charge is 2.32. The first-order valence-electron chi connectivity index (χ1n) is 10.0. The molecule has 4 unspecified atom stereocenters. The van der Waals surface area contributed by atoms with Crippen molar-refractivity contribution in [2.45, 2.75) is 71.5 Å². The van der Waals surface area contributed by atoms with Crippen LogP contribution in [0, 0.1) is 11.8 Å². The number of carbonyl (C=O) groups excluding carboxylic acids is 4. The molecule has 0 rings (SSSR count). The summed E-state index contributed by atoms with van der Waals surface area (Å²) in [7, 11) is 0. The van der Waals surface area contributed by atoms with E-state index >= 15 is 0 Å². The van der Waals surface area contributed by atoms with Crippen LogP contribution in [0.4, 0.5) is 0 Å². The summed E-state index contributed by atoms with van der Waals surface area (Å²) in [5.74, 6) is -4.02. The van der Waals surface area contributed by atoms with Crippen LogP contribution in [0.1, 0.15) is 53.4 Å². The third-order valence-corrected chi connectivity index (χ3v) is 4.63. The van der Waals surface area contributed by atoms with E-state index < -0.39 is 47.7 Å². The van der Waals surface area contributed by atoms with Crippen molar-refractivity contribution in [3.8, 4) is 0 Å². The molecule has 0 saturated carbocycles. The van der Waals surface area contributed by atoms with Gasteiger partial charge in [0.2, 0.25) is 23.6 Å². The van der Waals surface area contributed by atoms with Crippen molar-refractivity contribution in [1.29, 1.82) is 0 Å². The SMILES string of the molecule is CCC(C)C(NC(=O)C(CCC(N)=O)NC(=O)CN)C(=O)NC(CC(C)C)C(=O)O. The number of primary amides is 1. The molecule has 0 radical (unpaired) electrons. The molecule has 172 valence electrons. The Morgan fingerprint density at radius 3 is 1.97 bits per heavy atom. The lowest BCUT2D eigenvalue weighted by Gasteiger charge is -2.28. The minimum atomic E-state index is -1.17. The van der Waals surface area contributed by atoms with Gasteiger partial charge in [0.1, 0.15) is 18.1 Å². The van der Waals surface area contributed by atoms with Gasteiger partial charge in [0.25, 0.3) is 0 Å². The first kappa shape index (κ1) is 27.3. The normalized spacial score (nSPS) is 14.9. The van der Waals surface area contributed by atoms with Gasteiger partial charge in [0.15, 0.2) is 0 Å². The molecule has 30 heavy (non-hydrogen) atoms. The predicted octanol–water partition coefficient (Wildman–Crippen LogP) is -1.16. The molecule has 11 heteroatoms. The van der Waals surface area contributed by atoms with Gasteiger partial charge in [-0.3, -0.25) is 19.2 Å². The van der Waals surface area contributed by atoms with Gasteiger partial charge in [-0.15, -0.1) is 0 Å². The van der Waals surface area contributed by atoms with Gasteiger partial charge in [-0.1, -0.05) is 34.1 Å². The van der Waals surface area contributed by atoms with Crippen molar-refractivity contribution in [2.24, 2.45) is 23.3 Å². The van der Waals surface area contributed by atoms with Crippen LogP contribution in [0.2, 0.25) is 0 Å². The summed E-state index contributed by atoms with van der Waals surface area (Å²) in [6.07, 6.45) is 0.545. The second-order valence-electron chi connectivity index (χ2n) is 7.73. The second-order valence-corrected chi connectivity index (χ2v) is 7.73. The molecule has 0 fully saturated rings. The van der Waals surface area contributed by atoms with Crippen molar-refractivity contribution in [3.05, 3.63) is 0 Å². The average Bonchev–Trinajstić information content (AvgIpc) is 2.66. The van der Waals surface area contributed by atoms with Gasteiger partial charge >= 0.3 is 5.97 Å². The van der Waals surface area contributed by atoms with E-state index in [1.807, 2.05) is 20.8 Å². The molecule has 11 nitrogen and oxygen atoms in total. The number of hydrogen-bond donors (Lipinski definition) is 6. The lowest BCUT2D eigenvalue weighted by molar-refractivity contribution is -0.143. The Labute approximate surface area is 176 Å². The van der Waals surface area contributed by atoms with Gasteiger partial charge in [-0.25, -0.2) is 4.79 Å². The van der Waals surface area contributed by atoms with Crippen LogP contribution in [0.25, 0.3) is 0 Å². The number of amides is 4. The smallest absolute Gasteiger partial charge is 0.326 e. The molecule has 4 amide bonds. The monoisotopic (exact) mass is 429 g/mol. The zero-order valence-corrected chi connectivity index (χ0v) is 18.1. The average molecular weight is 430 g/mol. The zero-order chi connectivity index (χ0) is 23.4. The Morgan fingerprint density at radius 2 is 1.53 bits per heavy atom. The Kier molecular flexibility index (Phi) is 12.3. The second kappa shape index (κ2) is 13.5. The molecule has 0 heterocycles. The third-order valence-electron chi connectivity index (χ3n) is 4.63. The van der Waals surface area contributed by atoms with Crippen molar-refractivity contribution in [3.63, 3.8) is 0 Å². The van der Waals surface area contributed by atoms with E-state index in [-0.39, 0.29) is 37.6 Å². The van der Waals surface area contributed by atoms with Gasteiger partial charge < -0.3 is 32.5 Å². The third kappa shape index (κ3) is 10.2. The Morgan fingerprint density at radius 1 is 0.933 bits per heavy atom. The van der Waals surface area contributed by atoms with Crippen LogP contribution in [-0.4, -0.2) is 59.4 Å². The number of carboxylic acid groups (broad SMARTS) is 1. The molecular formula is C19H35N5O6. The number of aliphatic carboxylic acids is 1. The Bertz CT molecular complexity index is 625. The minimum Gasteiger partial charge on any atom is -0.480 e. The standard InChI is InChI=1S/C19H35N5O6/c1-5-11(4)16(18(28)23-13(19(29)30)8-10(2)3)24-17(27)12(6-7-14(21)25)22-15(26)9-20/h10-13,16H,5-9,20H2,1-4H3,(H2,21,25)(H,22,26)(H,23,28)(H,24,27)(H,29,30). The van der Waals surface area contributed by atoms with Crippen molar-refractivity contribution in [2.75, 3.05) is 6.54 Å².